The Morgan fingerprint density at radius 1 is 0.605 bits per heavy atom. The lowest BCUT2D eigenvalue weighted by Gasteiger charge is -2.21. The van der Waals surface area contributed by atoms with Gasteiger partial charge in [-0.3, -0.25) is 0 Å². The van der Waals surface area contributed by atoms with Crippen LogP contribution >= 0.6 is 0 Å². The molecule has 5 rings (SSSR count). The molecule has 2 saturated carbocycles. The molecule has 0 aliphatic heterocycles. The smallest absolute Gasteiger partial charge is 0.177 e. The van der Waals surface area contributed by atoms with Gasteiger partial charge < -0.3 is 10.2 Å². The zero-order chi connectivity index (χ0) is 26.6. The maximum atomic E-state index is 10.9. The Bertz CT molecular complexity index is 1200. The predicted octanol–water partition coefficient (Wildman–Crippen LogP) is 8.06. The minimum absolute atomic E-state index is 0.256. The molecule has 2 unspecified atom stereocenters. The van der Waals surface area contributed by atoms with E-state index in [9.17, 15) is 10.2 Å². The van der Waals surface area contributed by atoms with Gasteiger partial charge in [0.1, 0.15) is 0 Å². The molecule has 0 saturated heterocycles. The molecule has 2 N–H and O–H groups in total. The van der Waals surface area contributed by atoms with Crippen LogP contribution in [0.3, 0.4) is 0 Å². The molecule has 202 valence electrons. The molecule has 0 amide bonds. The average molecular weight is 515 g/mol. The van der Waals surface area contributed by atoms with E-state index in [1.165, 1.54) is 49.3 Å². The summed E-state index contributed by atoms with van der Waals surface area (Å²) >= 11 is 0. The van der Waals surface area contributed by atoms with Gasteiger partial charge in [0.15, 0.2) is 11.4 Å². The van der Waals surface area contributed by atoms with Gasteiger partial charge in [-0.1, -0.05) is 87.1 Å². The van der Waals surface area contributed by atoms with E-state index in [1.54, 1.807) is 13.8 Å². The maximum absolute atomic E-state index is 10.9. The third-order valence-electron chi connectivity index (χ3n) is 8.06. The zero-order valence-electron chi connectivity index (χ0n) is 22.9. The van der Waals surface area contributed by atoms with Crippen LogP contribution in [0.2, 0.25) is 0 Å². The first-order chi connectivity index (χ1) is 18.3. The second-order valence-electron chi connectivity index (χ2n) is 12.0. The van der Waals surface area contributed by atoms with Gasteiger partial charge in [0.2, 0.25) is 0 Å². The van der Waals surface area contributed by atoms with Crippen molar-refractivity contribution in [3.8, 4) is 0 Å². The quantitative estimate of drug-likeness (QED) is 0.235. The van der Waals surface area contributed by atoms with Gasteiger partial charge in [-0.25, -0.2) is 0 Å². The van der Waals surface area contributed by atoms with Crippen LogP contribution < -0.4 is 0 Å². The molecule has 2 aliphatic rings. The summed E-state index contributed by atoms with van der Waals surface area (Å²) in [5.74, 6) is 0. The highest BCUT2D eigenvalue weighted by Crippen LogP contribution is 2.30. The number of aliphatic hydroxyl groups is 2. The summed E-state index contributed by atoms with van der Waals surface area (Å²) in [6, 6.07) is 17.5. The Kier molecular flexibility index (Phi) is 8.20. The van der Waals surface area contributed by atoms with E-state index in [0.717, 1.165) is 47.6 Å². The van der Waals surface area contributed by atoms with E-state index in [1.807, 2.05) is 0 Å². The summed E-state index contributed by atoms with van der Waals surface area (Å²) in [6.45, 7) is 3.49. The van der Waals surface area contributed by atoms with Crippen LogP contribution in [0.5, 0.6) is 0 Å². The number of fused-ring (bicyclic) bond motifs is 3. The second kappa shape index (κ2) is 11.6. The predicted molar refractivity (Wildman–Crippen MR) is 154 cm³/mol. The number of hydrogen-bond acceptors (Lipinski definition) is 6. The van der Waals surface area contributed by atoms with E-state index < -0.39 is 11.4 Å². The molecule has 2 fully saturated rings. The summed E-state index contributed by atoms with van der Waals surface area (Å²) in [7, 11) is 0. The Labute approximate surface area is 226 Å². The summed E-state index contributed by atoms with van der Waals surface area (Å²) in [5.41, 5.74) is -0.328. The first kappa shape index (κ1) is 26.9. The first-order valence-corrected chi connectivity index (χ1v) is 14.5. The lowest BCUT2D eigenvalue weighted by molar-refractivity contribution is 0.0591. The standard InChI is InChI=1S/C32H42N4O2/c1-31(37,35-33-27-9-5-3-6-10-27)21-23-13-17-29-25(19-23)15-16-26-20-24(14-18-30(26)29)22-32(2,38)36-34-28-11-7-4-8-12-28/h13-20,27-28,37-38H,3-12,21-22H2,1-2H3. The van der Waals surface area contributed by atoms with Crippen molar-refractivity contribution in [1.29, 1.82) is 0 Å². The lowest BCUT2D eigenvalue weighted by atomic mass is 9.95. The molecule has 0 aromatic heterocycles. The Morgan fingerprint density at radius 2 is 1.00 bits per heavy atom. The van der Waals surface area contributed by atoms with Gasteiger partial charge in [0, 0.05) is 12.8 Å². The van der Waals surface area contributed by atoms with E-state index in [0.29, 0.717) is 12.8 Å². The van der Waals surface area contributed by atoms with Gasteiger partial charge in [-0.15, -0.1) is 0 Å². The molecule has 3 aromatic carbocycles. The number of nitrogens with zero attached hydrogens (tertiary/aromatic N) is 4. The van der Waals surface area contributed by atoms with E-state index in [-0.39, 0.29) is 12.1 Å². The molecule has 2 atom stereocenters. The van der Waals surface area contributed by atoms with Crippen LogP contribution in [0.15, 0.2) is 69.0 Å². The van der Waals surface area contributed by atoms with Crippen molar-refractivity contribution < 1.29 is 10.2 Å². The zero-order valence-corrected chi connectivity index (χ0v) is 22.9. The minimum Gasteiger partial charge on any atom is -0.368 e. The van der Waals surface area contributed by atoms with Crippen LogP contribution in [0.25, 0.3) is 21.5 Å². The Hall–Kier alpha value is -2.70. The SMILES string of the molecule is CC(O)(Cc1ccc2c(ccc3cc(CC(C)(O)N=NC4CCCCC4)ccc32)c1)N=NC1CCCCC1. The summed E-state index contributed by atoms with van der Waals surface area (Å²) in [4.78, 5) is 0. The molecule has 6 heteroatoms. The Balaban J connectivity index is 1.29. The monoisotopic (exact) mass is 514 g/mol. The van der Waals surface area contributed by atoms with Crippen molar-refractivity contribution in [2.45, 2.75) is 114 Å². The van der Waals surface area contributed by atoms with Gasteiger partial charge in [0.25, 0.3) is 0 Å². The van der Waals surface area contributed by atoms with Crippen LogP contribution in [0.1, 0.15) is 89.2 Å². The highest BCUT2D eigenvalue weighted by Gasteiger charge is 2.23. The first-order valence-electron chi connectivity index (χ1n) is 14.5. The molecule has 38 heavy (non-hydrogen) atoms. The fourth-order valence-corrected chi connectivity index (χ4v) is 6.04. The maximum Gasteiger partial charge on any atom is 0.177 e. The lowest BCUT2D eigenvalue weighted by Crippen LogP contribution is -2.24. The number of benzene rings is 3. The molecule has 0 radical (unpaired) electrons. The van der Waals surface area contributed by atoms with Crippen molar-refractivity contribution in [3.05, 3.63) is 59.7 Å². The average Bonchev–Trinajstić information content (AvgIpc) is 2.91. The van der Waals surface area contributed by atoms with E-state index >= 15 is 0 Å². The van der Waals surface area contributed by atoms with Gasteiger partial charge in [0.05, 0.1) is 12.1 Å². The third kappa shape index (κ3) is 7.03. The van der Waals surface area contributed by atoms with Crippen molar-refractivity contribution in [2.75, 3.05) is 0 Å². The van der Waals surface area contributed by atoms with Gasteiger partial charge in [-0.2, -0.15) is 20.5 Å². The highest BCUT2D eigenvalue weighted by atomic mass is 16.3. The normalized spacial score (nSPS) is 21.4. The highest BCUT2D eigenvalue weighted by molar-refractivity contribution is 6.07. The minimum atomic E-state index is -1.21. The van der Waals surface area contributed by atoms with Crippen LogP contribution in [-0.4, -0.2) is 33.7 Å². The topological polar surface area (TPSA) is 89.9 Å². The second-order valence-corrected chi connectivity index (χ2v) is 12.0. The Morgan fingerprint density at radius 3 is 1.39 bits per heavy atom. The molecule has 3 aromatic rings. The van der Waals surface area contributed by atoms with Crippen LogP contribution in [0.4, 0.5) is 0 Å². The number of azo groups is 2. The molecule has 0 heterocycles. The van der Waals surface area contributed by atoms with E-state index in [2.05, 4.69) is 69.0 Å². The molecule has 2 aliphatic carbocycles. The van der Waals surface area contributed by atoms with Gasteiger partial charge >= 0.3 is 0 Å². The fourth-order valence-electron chi connectivity index (χ4n) is 6.04. The summed E-state index contributed by atoms with van der Waals surface area (Å²) in [6.07, 6.45) is 12.5. The van der Waals surface area contributed by atoms with E-state index in [4.69, 9.17) is 0 Å². The third-order valence-corrected chi connectivity index (χ3v) is 8.06. The van der Waals surface area contributed by atoms with Crippen molar-refractivity contribution in [1.82, 2.24) is 0 Å². The molecular weight excluding hydrogens is 472 g/mol. The number of rotatable bonds is 8. The largest absolute Gasteiger partial charge is 0.368 e. The molecule has 6 nitrogen and oxygen atoms in total. The van der Waals surface area contributed by atoms with Crippen molar-refractivity contribution in [2.24, 2.45) is 20.5 Å². The van der Waals surface area contributed by atoms with Crippen LogP contribution in [-0.2, 0) is 12.8 Å². The molecule has 0 spiro atoms. The molecular formula is C32H42N4O2. The van der Waals surface area contributed by atoms with Crippen molar-refractivity contribution >= 4 is 21.5 Å². The van der Waals surface area contributed by atoms with Gasteiger partial charge in [-0.05, 0) is 72.2 Å². The molecule has 0 bridgehead atoms. The summed E-state index contributed by atoms with van der Waals surface area (Å²) in [5, 5.41) is 44.0. The number of hydrogen-bond donors (Lipinski definition) is 2. The van der Waals surface area contributed by atoms with Crippen molar-refractivity contribution in [3.63, 3.8) is 0 Å². The summed E-state index contributed by atoms with van der Waals surface area (Å²) < 4.78 is 0. The van der Waals surface area contributed by atoms with Crippen LogP contribution in [0, 0.1) is 0 Å². The fraction of sp³-hybridized carbons (Fsp3) is 0.562.